The molecule has 5 nitrogen and oxygen atoms in total. The van der Waals surface area contributed by atoms with Gasteiger partial charge in [-0.2, -0.15) is 0 Å². The van der Waals surface area contributed by atoms with Crippen LogP contribution in [0.15, 0.2) is 54.6 Å². The normalized spacial score (nSPS) is 17.5. The number of nitrogens with zero attached hydrogens (tertiary/aromatic N) is 1. The van der Waals surface area contributed by atoms with Gasteiger partial charge in [0.15, 0.2) is 0 Å². The first-order valence-electron chi connectivity index (χ1n) is 8.42. The van der Waals surface area contributed by atoms with Gasteiger partial charge >= 0.3 is 0 Å². The largest absolute Gasteiger partial charge is 0.370 e. The van der Waals surface area contributed by atoms with Gasteiger partial charge < -0.3 is 16.4 Å². The Bertz CT molecular complexity index is 899. The van der Waals surface area contributed by atoms with Gasteiger partial charge in [-0.15, -0.1) is 0 Å². The Morgan fingerprint density at radius 3 is 2.52 bits per heavy atom. The number of halogens is 2. The molecule has 1 aliphatic heterocycles. The lowest BCUT2D eigenvalue weighted by Crippen LogP contribution is -2.45. The molecule has 1 aliphatic rings. The summed E-state index contributed by atoms with van der Waals surface area (Å²) in [4.78, 5) is 25.3. The molecule has 0 aliphatic carbocycles. The summed E-state index contributed by atoms with van der Waals surface area (Å²) in [5.41, 5.74) is 12.3. The maximum absolute atomic E-state index is 14.2. The van der Waals surface area contributed by atoms with Crippen molar-refractivity contribution in [2.75, 3.05) is 6.54 Å². The minimum absolute atomic E-state index is 0.0469. The summed E-state index contributed by atoms with van der Waals surface area (Å²) in [7, 11) is 0. The summed E-state index contributed by atoms with van der Waals surface area (Å²) in [5, 5.41) is 0. The molecule has 2 amide bonds. The Kier molecular flexibility index (Phi) is 5.32. The monoisotopic (exact) mass is 371 g/mol. The lowest BCUT2D eigenvalue weighted by molar-refractivity contribution is -0.135. The molecule has 4 N–H and O–H groups in total. The van der Waals surface area contributed by atoms with E-state index in [1.807, 2.05) is 30.3 Å². The highest BCUT2D eigenvalue weighted by Crippen LogP contribution is 2.36. The molecule has 0 fully saturated rings. The first kappa shape index (κ1) is 18.7. The van der Waals surface area contributed by atoms with E-state index in [1.165, 1.54) is 4.90 Å². The second-order valence-electron chi connectivity index (χ2n) is 6.41. The topological polar surface area (TPSA) is 89.4 Å². The highest BCUT2D eigenvalue weighted by atomic mass is 19.1. The molecule has 3 rings (SSSR count). The van der Waals surface area contributed by atoms with Crippen LogP contribution in [0.1, 0.15) is 23.6 Å². The van der Waals surface area contributed by atoms with Gasteiger partial charge in [-0.3, -0.25) is 9.59 Å². The van der Waals surface area contributed by atoms with Crippen LogP contribution in [0.5, 0.6) is 0 Å². The van der Waals surface area contributed by atoms with Crippen LogP contribution in [-0.2, 0) is 9.59 Å². The number of nitrogens with two attached hydrogens (primary N) is 2. The number of hydrogen-bond donors (Lipinski definition) is 2. The summed E-state index contributed by atoms with van der Waals surface area (Å²) in [6.07, 6.45) is 1.42. The van der Waals surface area contributed by atoms with Gasteiger partial charge in [0, 0.05) is 12.1 Å². The standard InChI is InChI=1S/C20H19F2N3O2/c21-14-6-7-16(22)15(9-14)13-8-18(12-4-2-1-3-5-12)25(11-13)20(27)17(23)10-19(24)26/h1-9,17-18H,10-11,23H2,(H2,24,26)/t17-,18?/m0/s1. The molecule has 27 heavy (non-hydrogen) atoms. The smallest absolute Gasteiger partial charge is 0.241 e. The van der Waals surface area contributed by atoms with Crippen LogP contribution in [0, 0.1) is 11.6 Å². The second-order valence-corrected chi connectivity index (χ2v) is 6.41. The van der Waals surface area contributed by atoms with E-state index < -0.39 is 35.5 Å². The Hall–Kier alpha value is -3.06. The van der Waals surface area contributed by atoms with Crippen molar-refractivity contribution in [1.82, 2.24) is 4.90 Å². The maximum atomic E-state index is 14.2. The Balaban J connectivity index is 1.98. The van der Waals surface area contributed by atoms with Crippen LogP contribution in [0.4, 0.5) is 8.78 Å². The fourth-order valence-corrected chi connectivity index (χ4v) is 3.19. The van der Waals surface area contributed by atoms with E-state index in [0.717, 1.165) is 23.8 Å². The highest BCUT2D eigenvalue weighted by molar-refractivity contribution is 5.90. The van der Waals surface area contributed by atoms with Gasteiger partial charge in [-0.25, -0.2) is 8.78 Å². The van der Waals surface area contributed by atoms with Crippen molar-refractivity contribution in [1.29, 1.82) is 0 Å². The third-order valence-corrected chi connectivity index (χ3v) is 4.47. The van der Waals surface area contributed by atoms with Gasteiger partial charge in [0.1, 0.15) is 11.6 Å². The van der Waals surface area contributed by atoms with Crippen LogP contribution < -0.4 is 11.5 Å². The zero-order valence-electron chi connectivity index (χ0n) is 14.4. The van der Waals surface area contributed by atoms with Gasteiger partial charge in [-0.05, 0) is 29.3 Å². The number of carbonyl (C=O) groups is 2. The van der Waals surface area contributed by atoms with Crippen LogP contribution in [0.2, 0.25) is 0 Å². The van der Waals surface area contributed by atoms with Gasteiger partial charge in [0.05, 0.1) is 18.5 Å². The van der Waals surface area contributed by atoms with E-state index in [4.69, 9.17) is 11.5 Å². The second kappa shape index (κ2) is 7.67. The Labute approximate surface area is 155 Å². The fraction of sp³-hybridized carbons (Fsp3) is 0.200. The highest BCUT2D eigenvalue weighted by Gasteiger charge is 2.34. The van der Waals surface area contributed by atoms with Crippen molar-refractivity contribution in [3.63, 3.8) is 0 Å². The molecule has 2 aromatic rings. The van der Waals surface area contributed by atoms with Gasteiger partial charge in [-0.1, -0.05) is 36.4 Å². The summed E-state index contributed by atoms with van der Waals surface area (Å²) in [5.74, 6) is -2.31. The summed E-state index contributed by atoms with van der Waals surface area (Å²) in [6.45, 7) is 0.0469. The molecule has 2 aromatic carbocycles. The van der Waals surface area contributed by atoms with Crippen LogP contribution in [0.25, 0.3) is 5.57 Å². The predicted octanol–water partition coefficient (Wildman–Crippen LogP) is 2.13. The minimum atomic E-state index is -1.10. The Morgan fingerprint density at radius 2 is 1.85 bits per heavy atom. The molecule has 0 radical (unpaired) electrons. The third-order valence-electron chi connectivity index (χ3n) is 4.47. The molecule has 0 spiro atoms. The molecule has 0 saturated heterocycles. The van der Waals surface area contributed by atoms with Crippen LogP contribution >= 0.6 is 0 Å². The molecular weight excluding hydrogens is 352 g/mol. The summed E-state index contributed by atoms with van der Waals surface area (Å²) < 4.78 is 27.8. The molecule has 7 heteroatoms. The van der Waals surface area contributed by atoms with E-state index in [-0.39, 0.29) is 18.5 Å². The molecule has 1 heterocycles. The fourth-order valence-electron chi connectivity index (χ4n) is 3.19. The molecule has 2 atom stereocenters. The van der Waals surface area contributed by atoms with Crippen molar-refractivity contribution < 1.29 is 18.4 Å². The zero-order chi connectivity index (χ0) is 19.6. The number of amides is 2. The van der Waals surface area contributed by atoms with Crippen LogP contribution in [-0.4, -0.2) is 29.3 Å². The van der Waals surface area contributed by atoms with Gasteiger partial charge in [0.2, 0.25) is 11.8 Å². The lowest BCUT2D eigenvalue weighted by atomic mass is 10.0. The van der Waals surface area contributed by atoms with Gasteiger partial charge in [0.25, 0.3) is 0 Å². The van der Waals surface area contributed by atoms with E-state index in [1.54, 1.807) is 6.08 Å². The molecule has 0 saturated carbocycles. The molecular formula is C20H19F2N3O2. The van der Waals surface area contributed by atoms with Crippen molar-refractivity contribution in [2.24, 2.45) is 11.5 Å². The van der Waals surface area contributed by atoms with Crippen molar-refractivity contribution in [2.45, 2.75) is 18.5 Å². The minimum Gasteiger partial charge on any atom is -0.370 e. The number of benzene rings is 2. The van der Waals surface area contributed by atoms with E-state index in [0.29, 0.717) is 5.57 Å². The van der Waals surface area contributed by atoms with E-state index in [2.05, 4.69) is 0 Å². The molecule has 1 unspecified atom stereocenters. The molecule has 0 bridgehead atoms. The first-order chi connectivity index (χ1) is 12.9. The number of carbonyl (C=O) groups excluding carboxylic acids is 2. The number of primary amides is 1. The third kappa shape index (κ3) is 4.03. The van der Waals surface area contributed by atoms with E-state index >= 15 is 0 Å². The zero-order valence-corrected chi connectivity index (χ0v) is 14.4. The van der Waals surface area contributed by atoms with Crippen molar-refractivity contribution in [3.05, 3.63) is 77.4 Å². The SMILES string of the molecule is NC(=O)C[C@H](N)C(=O)N1CC(c2cc(F)ccc2F)=CC1c1ccccc1. The first-order valence-corrected chi connectivity index (χ1v) is 8.42. The number of hydrogen-bond acceptors (Lipinski definition) is 3. The lowest BCUT2D eigenvalue weighted by Gasteiger charge is -2.27. The summed E-state index contributed by atoms with van der Waals surface area (Å²) in [6, 6.07) is 10.7. The average Bonchev–Trinajstić information content (AvgIpc) is 3.08. The molecule has 140 valence electrons. The van der Waals surface area contributed by atoms with Crippen molar-refractivity contribution >= 4 is 17.4 Å². The van der Waals surface area contributed by atoms with Crippen LogP contribution in [0.3, 0.4) is 0 Å². The van der Waals surface area contributed by atoms with E-state index in [9.17, 15) is 18.4 Å². The molecule has 0 aromatic heterocycles. The number of rotatable bonds is 5. The maximum Gasteiger partial charge on any atom is 0.241 e. The Morgan fingerprint density at radius 1 is 1.15 bits per heavy atom. The summed E-state index contributed by atoms with van der Waals surface area (Å²) >= 11 is 0. The van der Waals surface area contributed by atoms with Crippen molar-refractivity contribution in [3.8, 4) is 0 Å². The average molecular weight is 371 g/mol. The quantitative estimate of drug-likeness (QED) is 0.844. The predicted molar refractivity (Wildman–Crippen MR) is 97.0 cm³/mol.